The Morgan fingerprint density at radius 3 is 3.19 bits per heavy atom. The molecule has 5 heteroatoms. The summed E-state index contributed by atoms with van der Waals surface area (Å²) in [7, 11) is 2.18. The van der Waals surface area contributed by atoms with Gasteiger partial charge in [0, 0.05) is 31.9 Å². The smallest absolute Gasteiger partial charge is 0.0753 e. The summed E-state index contributed by atoms with van der Waals surface area (Å²) in [5, 5.41) is 6.89. The maximum absolute atomic E-state index is 5.69. The summed E-state index contributed by atoms with van der Waals surface area (Å²) < 4.78 is 0. The molecule has 1 aromatic rings. The third-order valence-corrected chi connectivity index (χ3v) is 3.23. The normalized spacial score (nSPS) is 22.2. The van der Waals surface area contributed by atoms with E-state index in [2.05, 4.69) is 27.0 Å². The molecule has 1 aliphatic rings. The number of piperidine rings is 1. The number of nitrogens with zero attached hydrogens (tertiary/aromatic N) is 3. The number of likely N-dealkylation sites (tertiary alicyclic amines) is 1. The van der Waals surface area contributed by atoms with Crippen LogP contribution in [-0.4, -0.2) is 54.4 Å². The summed E-state index contributed by atoms with van der Waals surface area (Å²) in [6, 6.07) is 0.569. The molecule has 90 valence electrons. The Labute approximate surface area is 96.6 Å². The lowest BCUT2D eigenvalue weighted by atomic mass is 10.0. The predicted molar refractivity (Wildman–Crippen MR) is 65.5 cm³/mol. The quantitative estimate of drug-likeness (QED) is 0.769. The van der Waals surface area contributed by atoms with Crippen LogP contribution in [0.4, 0.5) is 5.69 Å². The van der Waals surface area contributed by atoms with Gasteiger partial charge in [-0.2, -0.15) is 5.10 Å². The molecule has 0 bridgehead atoms. The number of H-pyrrole nitrogens is 1. The Hall–Kier alpha value is -1.07. The minimum absolute atomic E-state index is 0.569. The molecule has 1 saturated heterocycles. The highest BCUT2D eigenvalue weighted by molar-refractivity contribution is 5.43. The number of nitrogens with two attached hydrogens (primary N) is 1. The lowest BCUT2D eigenvalue weighted by molar-refractivity contribution is 0.244. The number of likely N-dealkylation sites (N-methyl/N-ethyl adjacent to an activating group) is 1. The van der Waals surface area contributed by atoms with Gasteiger partial charge in [-0.15, -0.1) is 0 Å². The lowest BCUT2D eigenvalue weighted by Crippen LogP contribution is -2.48. The van der Waals surface area contributed by atoms with Crippen molar-refractivity contribution in [2.24, 2.45) is 5.73 Å². The molecule has 1 fully saturated rings. The molecular weight excluding hydrogens is 202 g/mol. The van der Waals surface area contributed by atoms with Gasteiger partial charge < -0.3 is 15.5 Å². The number of aromatic amines is 1. The zero-order chi connectivity index (χ0) is 11.4. The van der Waals surface area contributed by atoms with Gasteiger partial charge in [0.1, 0.15) is 0 Å². The average Bonchev–Trinajstić information content (AvgIpc) is 2.79. The van der Waals surface area contributed by atoms with Crippen LogP contribution in [0.5, 0.6) is 0 Å². The molecule has 0 radical (unpaired) electrons. The molecule has 1 atom stereocenters. The summed E-state index contributed by atoms with van der Waals surface area (Å²) in [6.45, 7) is 3.91. The van der Waals surface area contributed by atoms with Crippen molar-refractivity contribution in [3.8, 4) is 0 Å². The van der Waals surface area contributed by atoms with Crippen LogP contribution in [0.25, 0.3) is 0 Å². The van der Waals surface area contributed by atoms with Gasteiger partial charge in [-0.1, -0.05) is 0 Å². The van der Waals surface area contributed by atoms with E-state index in [1.54, 1.807) is 0 Å². The molecule has 0 aromatic carbocycles. The van der Waals surface area contributed by atoms with Crippen LogP contribution in [-0.2, 0) is 0 Å². The molecule has 0 spiro atoms. The molecule has 0 aliphatic carbocycles. The van der Waals surface area contributed by atoms with Gasteiger partial charge in [-0.25, -0.2) is 0 Å². The Kier molecular flexibility index (Phi) is 3.79. The van der Waals surface area contributed by atoms with Gasteiger partial charge in [-0.3, -0.25) is 5.10 Å². The van der Waals surface area contributed by atoms with E-state index in [0.717, 1.165) is 18.8 Å². The Bertz CT molecular complexity index is 297. The van der Waals surface area contributed by atoms with Gasteiger partial charge in [-0.05, 0) is 26.4 Å². The molecule has 2 rings (SSSR count). The van der Waals surface area contributed by atoms with Gasteiger partial charge >= 0.3 is 0 Å². The molecule has 3 N–H and O–H groups in total. The first kappa shape index (κ1) is 11.4. The fourth-order valence-electron chi connectivity index (χ4n) is 2.46. The highest BCUT2D eigenvalue weighted by atomic mass is 15.3. The number of rotatable bonds is 4. The summed E-state index contributed by atoms with van der Waals surface area (Å²) in [4.78, 5) is 4.76. The van der Waals surface area contributed by atoms with E-state index in [1.165, 1.54) is 19.4 Å². The fraction of sp³-hybridized carbons (Fsp3) is 0.727. The topological polar surface area (TPSA) is 61.2 Å². The van der Waals surface area contributed by atoms with Gasteiger partial charge in [0.25, 0.3) is 0 Å². The van der Waals surface area contributed by atoms with E-state index < -0.39 is 0 Å². The Morgan fingerprint density at radius 2 is 2.56 bits per heavy atom. The standard InChI is InChI=1S/C11H21N5/c1-15-5-2-3-10(9-15)16(6-4-12)11-7-13-14-8-11/h7-8,10H,2-6,9,12H2,1H3,(H,13,14). The lowest BCUT2D eigenvalue weighted by Gasteiger charge is -2.38. The van der Waals surface area contributed by atoms with Crippen molar-refractivity contribution in [3.63, 3.8) is 0 Å². The van der Waals surface area contributed by atoms with Crippen molar-refractivity contribution in [1.82, 2.24) is 15.1 Å². The van der Waals surface area contributed by atoms with Crippen molar-refractivity contribution < 1.29 is 0 Å². The molecule has 1 unspecified atom stereocenters. The van der Waals surface area contributed by atoms with Crippen LogP contribution >= 0.6 is 0 Å². The molecule has 2 heterocycles. The van der Waals surface area contributed by atoms with Crippen molar-refractivity contribution in [2.45, 2.75) is 18.9 Å². The minimum atomic E-state index is 0.569. The molecule has 1 aliphatic heterocycles. The predicted octanol–water partition coefficient (Wildman–Crippen LogP) is 0.269. The van der Waals surface area contributed by atoms with Gasteiger partial charge in [0.15, 0.2) is 0 Å². The SMILES string of the molecule is CN1CCCC(N(CCN)c2cn[nH]c2)C1. The molecular formula is C11H21N5. The maximum Gasteiger partial charge on any atom is 0.0753 e. The Balaban J connectivity index is 2.06. The third kappa shape index (κ3) is 2.54. The average molecular weight is 223 g/mol. The molecule has 16 heavy (non-hydrogen) atoms. The Morgan fingerprint density at radius 1 is 1.69 bits per heavy atom. The largest absolute Gasteiger partial charge is 0.363 e. The summed E-state index contributed by atoms with van der Waals surface area (Å²) in [5.41, 5.74) is 6.85. The van der Waals surface area contributed by atoms with E-state index in [0.29, 0.717) is 12.6 Å². The van der Waals surface area contributed by atoms with E-state index in [4.69, 9.17) is 5.73 Å². The zero-order valence-electron chi connectivity index (χ0n) is 9.89. The van der Waals surface area contributed by atoms with Crippen LogP contribution in [0.1, 0.15) is 12.8 Å². The first-order chi connectivity index (χ1) is 7.81. The van der Waals surface area contributed by atoms with E-state index in [1.807, 2.05) is 12.4 Å². The molecule has 0 saturated carbocycles. The maximum atomic E-state index is 5.69. The number of hydrogen-bond donors (Lipinski definition) is 2. The summed E-state index contributed by atoms with van der Waals surface area (Å²) in [6.07, 6.45) is 6.34. The van der Waals surface area contributed by atoms with Crippen LogP contribution in [0.2, 0.25) is 0 Å². The number of nitrogens with one attached hydrogen (secondary N) is 1. The van der Waals surface area contributed by atoms with Crippen LogP contribution < -0.4 is 10.6 Å². The number of anilines is 1. The van der Waals surface area contributed by atoms with Crippen molar-refractivity contribution in [2.75, 3.05) is 38.1 Å². The fourth-order valence-corrected chi connectivity index (χ4v) is 2.46. The summed E-state index contributed by atoms with van der Waals surface area (Å²) in [5.74, 6) is 0. The van der Waals surface area contributed by atoms with E-state index in [-0.39, 0.29) is 0 Å². The second-order valence-electron chi connectivity index (χ2n) is 4.50. The highest BCUT2D eigenvalue weighted by Crippen LogP contribution is 2.20. The van der Waals surface area contributed by atoms with Crippen LogP contribution in [0.15, 0.2) is 12.4 Å². The third-order valence-electron chi connectivity index (χ3n) is 3.23. The van der Waals surface area contributed by atoms with Crippen molar-refractivity contribution in [3.05, 3.63) is 12.4 Å². The highest BCUT2D eigenvalue weighted by Gasteiger charge is 2.23. The second kappa shape index (κ2) is 5.32. The zero-order valence-corrected chi connectivity index (χ0v) is 9.89. The molecule has 5 nitrogen and oxygen atoms in total. The number of hydrogen-bond acceptors (Lipinski definition) is 4. The van der Waals surface area contributed by atoms with E-state index in [9.17, 15) is 0 Å². The first-order valence-corrected chi connectivity index (χ1v) is 5.95. The molecule has 0 amide bonds. The summed E-state index contributed by atoms with van der Waals surface area (Å²) >= 11 is 0. The van der Waals surface area contributed by atoms with Gasteiger partial charge in [0.2, 0.25) is 0 Å². The van der Waals surface area contributed by atoms with Gasteiger partial charge in [0.05, 0.1) is 11.9 Å². The van der Waals surface area contributed by atoms with E-state index >= 15 is 0 Å². The van der Waals surface area contributed by atoms with Crippen molar-refractivity contribution in [1.29, 1.82) is 0 Å². The second-order valence-corrected chi connectivity index (χ2v) is 4.50. The first-order valence-electron chi connectivity index (χ1n) is 5.95. The minimum Gasteiger partial charge on any atom is -0.363 e. The van der Waals surface area contributed by atoms with Crippen LogP contribution in [0.3, 0.4) is 0 Å². The molecule has 1 aromatic heterocycles. The van der Waals surface area contributed by atoms with Crippen LogP contribution in [0, 0.1) is 0 Å². The monoisotopic (exact) mass is 223 g/mol. The number of aromatic nitrogens is 2. The van der Waals surface area contributed by atoms with Crippen molar-refractivity contribution >= 4 is 5.69 Å².